The van der Waals surface area contributed by atoms with E-state index in [-0.39, 0.29) is 37.5 Å². The van der Waals surface area contributed by atoms with Crippen LogP contribution in [0.4, 0.5) is 17.1 Å². The Morgan fingerprint density at radius 2 is 1.63 bits per heavy atom. The van der Waals surface area contributed by atoms with E-state index >= 15 is 0 Å². The first-order valence-electron chi connectivity index (χ1n) is 13.1. The van der Waals surface area contributed by atoms with E-state index in [9.17, 15) is 14.4 Å². The third-order valence-corrected chi connectivity index (χ3v) is 6.86. The number of ether oxygens (including phenoxy) is 1. The molecule has 198 valence electrons. The zero-order valence-corrected chi connectivity index (χ0v) is 22.5. The number of nitrogens with zero attached hydrogens (tertiary/aromatic N) is 3. The van der Waals surface area contributed by atoms with Crippen molar-refractivity contribution in [3.8, 4) is 0 Å². The van der Waals surface area contributed by atoms with Crippen molar-refractivity contribution >= 4 is 34.8 Å². The van der Waals surface area contributed by atoms with Gasteiger partial charge >= 0.3 is 0 Å². The quantitative estimate of drug-likeness (QED) is 0.388. The average Bonchev–Trinajstić information content (AvgIpc) is 3.04. The van der Waals surface area contributed by atoms with Crippen molar-refractivity contribution in [2.75, 3.05) is 41.1 Å². The van der Waals surface area contributed by atoms with Crippen LogP contribution >= 0.6 is 0 Å². The normalized spacial score (nSPS) is 15.2. The monoisotopic (exact) mass is 513 g/mol. The molecule has 0 aromatic heterocycles. The van der Waals surface area contributed by atoms with Crippen LogP contribution in [0.1, 0.15) is 42.3 Å². The third-order valence-electron chi connectivity index (χ3n) is 6.86. The second kappa shape index (κ2) is 12.0. The van der Waals surface area contributed by atoms with Gasteiger partial charge in [-0.1, -0.05) is 62.4 Å². The SMILES string of the molecule is CCOCN(C(=O)CN1C(=O)C(C)CN(C(=O)c2ccccc2)c2ccccc21)c1c(C)cccc1CC. The first kappa shape index (κ1) is 27.1. The first-order chi connectivity index (χ1) is 18.4. The number of carbonyl (C=O) groups excluding carboxylic acids is 3. The number of carbonyl (C=O) groups is 3. The van der Waals surface area contributed by atoms with Gasteiger partial charge in [0.2, 0.25) is 11.8 Å². The van der Waals surface area contributed by atoms with Crippen molar-refractivity contribution in [2.45, 2.75) is 34.1 Å². The molecular weight excluding hydrogens is 478 g/mol. The molecule has 0 N–H and O–H groups in total. The van der Waals surface area contributed by atoms with Gasteiger partial charge < -0.3 is 14.5 Å². The number of aryl methyl sites for hydroxylation is 2. The Kier molecular flexibility index (Phi) is 8.59. The summed E-state index contributed by atoms with van der Waals surface area (Å²) >= 11 is 0. The van der Waals surface area contributed by atoms with Crippen LogP contribution in [0.3, 0.4) is 0 Å². The van der Waals surface area contributed by atoms with Gasteiger partial charge in [0.1, 0.15) is 13.3 Å². The van der Waals surface area contributed by atoms with E-state index < -0.39 is 5.92 Å². The maximum atomic E-state index is 13.9. The molecule has 0 fully saturated rings. The molecule has 0 saturated heterocycles. The molecule has 0 bridgehead atoms. The fourth-order valence-electron chi connectivity index (χ4n) is 4.90. The van der Waals surface area contributed by atoms with E-state index in [1.807, 2.05) is 68.4 Å². The lowest BCUT2D eigenvalue weighted by Gasteiger charge is -2.30. The van der Waals surface area contributed by atoms with Crippen molar-refractivity contribution in [3.63, 3.8) is 0 Å². The lowest BCUT2D eigenvalue weighted by Crippen LogP contribution is -2.46. The highest BCUT2D eigenvalue weighted by atomic mass is 16.5. The van der Waals surface area contributed by atoms with Crippen LogP contribution in [0.25, 0.3) is 0 Å². The average molecular weight is 514 g/mol. The van der Waals surface area contributed by atoms with Gasteiger partial charge in [0, 0.05) is 18.7 Å². The summed E-state index contributed by atoms with van der Waals surface area (Å²) in [6.07, 6.45) is 0.756. The summed E-state index contributed by atoms with van der Waals surface area (Å²) in [7, 11) is 0. The van der Waals surface area contributed by atoms with Crippen LogP contribution in [0.5, 0.6) is 0 Å². The number of anilines is 3. The van der Waals surface area contributed by atoms with Crippen molar-refractivity contribution in [3.05, 3.63) is 89.5 Å². The molecule has 0 saturated carbocycles. The van der Waals surface area contributed by atoms with Gasteiger partial charge in [-0.05, 0) is 55.7 Å². The smallest absolute Gasteiger partial charge is 0.258 e. The minimum absolute atomic E-state index is 0.0883. The lowest BCUT2D eigenvalue weighted by molar-refractivity contribution is -0.124. The summed E-state index contributed by atoms with van der Waals surface area (Å²) in [4.78, 5) is 45.9. The molecule has 1 unspecified atom stereocenters. The van der Waals surface area contributed by atoms with Crippen molar-refractivity contribution < 1.29 is 19.1 Å². The van der Waals surface area contributed by atoms with Crippen LogP contribution in [-0.4, -0.2) is 44.1 Å². The molecule has 1 atom stereocenters. The van der Waals surface area contributed by atoms with Gasteiger partial charge in [-0.2, -0.15) is 0 Å². The standard InChI is InChI=1S/C31H35N3O4/c1-5-24-16-12-13-22(3)29(24)34(21-38-6-2)28(35)20-33-27-18-11-10-17-26(27)32(19-23(4)30(33)36)31(37)25-14-8-7-9-15-25/h7-18,23H,5-6,19-21H2,1-4H3. The maximum Gasteiger partial charge on any atom is 0.258 e. The summed E-state index contributed by atoms with van der Waals surface area (Å²) in [5.41, 5.74) is 4.50. The van der Waals surface area contributed by atoms with Gasteiger partial charge in [0.05, 0.1) is 23.0 Å². The Bertz CT molecular complexity index is 1310. The van der Waals surface area contributed by atoms with E-state index in [0.717, 1.165) is 23.2 Å². The Labute approximate surface area is 224 Å². The molecule has 1 aliphatic rings. The van der Waals surface area contributed by atoms with E-state index in [1.165, 1.54) is 4.90 Å². The minimum Gasteiger partial charge on any atom is -0.361 e. The van der Waals surface area contributed by atoms with Crippen molar-refractivity contribution in [1.82, 2.24) is 0 Å². The van der Waals surface area contributed by atoms with E-state index in [1.54, 1.807) is 34.9 Å². The van der Waals surface area contributed by atoms with E-state index in [2.05, 4.69) is 6.92 Å². The molecule has 3 aromatic rings. The van der Waals surface area contributed by atoms with Crippen molar-refractivity contribution in [1.29, 1.82) is 0 Å². The highest BCUT2D eigenvalue weighted by Gasteiger charge is 2.36. The molecule has 0 aliphatic carbocycles. The molecule has 0 radical (unpaired) electrons. The topological polar surface area (TPSA) is 70.2 Å². The molecular formula is C31H35N3O4. The number of hydrogen-bond acceptors (Lipinski definition) is 4. The van der Waals surface area contributed by atoms with Crippen LogP contribution in [0, 0.1) is 12.8 Å². The molecule has 0 spiro atoms. The van der Waals surface area contributed by atoms with Crippen LogP contribution in [0.2, 0.25) is 0 Å². The van der Waals surface area contributed by atoms with Gasteiger partial charge in [0.15, 0.2) is 0 Å². The predicted octanol–water partition coefficient (Wildman–Crippen LogP) is 5.21. The van der Waals surface area contributed by atoms with E-state index in [4.69, 9.17) is 4.74 Å². The Hall–Kier alpha value is -3.97. The molecule has 3 amide bonds. The number of fused-ring (bicyclic) bond motifs is 1. The van der Waals surface area contributed by atoms with Gasteiger partial charge in [-0.15, -0.1) is 0 Å². The number of hydrogen-bond donors (Lipinski definition) is 0. The zero-order valence-electron chi connectivity index (χ0n) is 22.5. The summed E-state index contributed by atoms with van der Waals surface area (Å²) in [6, 6.07) is 22.3. The van der Waals surface area contributed by atoms with Crippen molar-refractivity contribution in [2.24, 2.45) is 5.92 Å². The Morgan fingerprint density at radius 1 is 0.947 bits per heavy atom. The van der Waals surface area contributed by atoms with Crippen LogP contribution < -0.4 is 14.7 Å². The maximum absolute atomic E-state index is 13.9. The fraction of sp³-hybridized carbons (Fsp3) is 0.323. The minimum atomic E-state index is -0.507. The largest absolute Gasteiger partial charge is 0.361 e. The molecule has 3 aromatic carbocycles. The Morgan fingerprint density at radius 3 is 2.32 bits per heavy atom. The fourth-order valence-corrected chi connectivity index (χ4v) is 4.90. The summed E-state index contributed by atoms with van der Waals surface area (Å²) in [6.45, 7) is 8.30. The highest BCUT2D eigenvalue weighted by molar-refractivity contribution is 6.13. The number of benzene rings is 3. The number of rotatable bonds is 8. The summed E-state index contributed by atoms with van der Waals surface area (Å²) in [5, 5.41) is 0. The lowest BCUT2D eigenvalue weighted by atomic mass is 10.0. The molecule has 7 nitrogen and oxygen atoms in total. The summed E-state index contributed by atoms with van der Waals surface area (Å²) < 4.78 is 5.70. The highest BCUT2D eigenvalue weighted by Crippen LogP contribution is 2.35. The molecule has 1 aliphatic heterocycles. The van der Waals surface area contributed by atoms with Crippen LogP contribution in [0.15, 0.2) is 72.8 Å². The van der Waals surface area contributed by atoms with E-state index in [0.29, 0.717) is 23.5 Å². The molecule has 38 heavy (non-hydrogen) atoms. The first-order valence-corrected chi connectivity index (χ1v) is 13.1. The molecule has 7 heteroatoms. The number of amides is 3. The summed E-state index contributed by atoms with van der Waals surface area (Å²) in [5.74, 6) is -1.14. The van der Waals surface area contributed by atoms with Gasteiger partial charge in [0.25, 0.3) is 5.91 Å². The molecule has 1 heterocycles. The Balaban J connectivity index is 1.73. The molecule has 4 rings (SSSR count). The third kappa shape index (κ3) is 5.48. The predicted molar refractivity (Wildman–Crippen MR) is 151 cm³/mol. The van der Waals surface area contributed by atoms with Crippen LogP contribution in [-0.2, 0) is 20.7 Å². The zero-order chi connectivity index (χ0) is 27.2. The van der Waals surface area contributed by atoms with Gasteiger partial charge in [-0.25, -0.2) is 0 Å². The second-order valence-electron chi connectivity index (χ2n) is 9.48. The second-order valence-corrected chi connectivity index (χ2v) is 9.48. The number of para-hydroxylation sites is 3. The van der Waals surface area contributed by atoms with Gasteiger partial charge in [-0.3, -0.25) is 19.3 Å².